The number of carbonyl (C=O) groups excluding carboxylic acids is 3. The summed E-state index contributed by atoms with van der Waals surface area (Å²) in [5.41, 5.74) is 5.73. The van der Waals surface area contributed by atoms with Crippen molar-refractivity contribution < 1.29 is 39.3 Å². The van der Waals surface area contributed by atoms with E-state index in [1.165, 1.54) is 6.92 Å². The number of nitrogens with two attached hydrogens (primary N) is 1. The molecule has 0 spiro atoms. The van der Waals surface area contributed by atoms with Gasteiger partial charge in [-0.15, -0.1) is 0 Å². The smallest absolute Gasteiger partial charge is 0.328 e. The molecular weight excluding hydrogens is 388 g/mol. The van der Waals surface area contributed by atoms with Crippen LogP contribution in [0.4, 0.5) is 0 Å². The van der Waals surface area contributed by atoms with Crippen LogP contribution in [0.15, 0.2) is 0 Å². The maximum atomic E-state index is 12.3. The molecule has 0 heterocycles. The summed E-state index contributed by atoms with van der Waals surface area (Å²) in [6.07, 6.45) is -1.91. The fourth-order valence-electron chi connectivity index (χ4n) is 2.32. The molecule has 0 aliphatic rings. The van der Waals surface area contributed by atoms with Crippen molar-refractivity contribution in [2.24, 2.45) is 11.7 Å². The number of aliphatic hydroxyl groups excluding tert-OH is 1. The summed E-state index contributed by atoms with van der Waals surface area (Å²) < 4.78 is 0. The van der Waals surface area contributed by atoms with Crippen LogP contribution in [0.25, 0.3) is 0 Å². The van der Waals surface area contributed by atoms with Gasteiger partial charge in [0.15, 0.2) is 6.04 Å². The zero-order valence-corrected chi connectivity index (χ0v) is 16.8. The summed E-state index contributed by atoms with van der Waals surface area (Å²) in [5, 5.41) is 33.9. The van der Waals surface area contributed by atoms with E-state index in [1.807, 2.05) is 19.2 Å². The molecule has 12 heteroatoms. The molecule has 29 heavy (non-hydrogen) atoms. The van der Waals surface area contributed by atoms with E-state index in [1.54, 1.807) is 0 Å². The Labute approximate surface area is 168 Å². The minimum absolute atomic E-state index is 0.152. The Morgan fingerprint density at radius 2 is 1.41 bits per heavy atom. The van der Waals surface area contributed by atoms with Gasteiger partial charge in [-0.1, -0.05) is 13.8 Å². The molecule has 3 amide bonds. The zero-order valence-electron chi connectivity index (χ0n) is 16.8. The van der Waals surface area contributed by atoms with E-state index in [9.17, 15) is 29.1 Å². The van der Waals surface area contributed by atoms with Gasteiger partial charge in [0.1, 0.15) is 12.1 Å². The number of carbonyl (C=O) groups is 5. The molecule has 0 aliphatic heterocycles. The number of rotatable bonds is 12. The van der Waals surface area contributed by atoms with Gasteiger partial charge < -0.3 is 37.0 Å². The Kier molecular flexibility index (Phi) is 10.8. The molecule has 8 N–H and O–H groups in total. The highest BCUT2D eigenvalue weighted by Gasteiger charge is 2.32. The Hall–Kier alpha value is -2.73. The lowest BCUT2D eigenvalue weighted by Crippen LogP contribution is -2.58. The van der Waals surface area contributed by atoms with E-state index in [0.29, 0.717) is 6.42 Å². The maximum Gasteiger partial charge on any atom is 0.328 e. The summed E-state index contributed by atoms with van der Waals surface area (Å²) in [7, 11) is 0. The number of aliphatic carboxylic acids is 2. The van der Waals surface area contributed by atoms with E-state index >= 15 is 0 Å². The van der Waals surface area contributed by atoms with Gasteiger partial charge in [-0.25, -0.2) is 4.79 Å². The van der Waals surface area contributed by atoms with E-state index in [-0.39, 0.29) is 5.92 Å². The molecule has 12 nitrogen and oxygen atoms in total. The quantitative estimate of drug-likeness (QED) is 0.183. The first-order valence-corrected chi connectivity index (χ1v) is 9.05. The second-order valence-corrected chi connectivity index (χ2v) is 7.19. The maximum absolute atomic E-state index is 12.3. The number of hydrogen-bond acceptors (Lipinski definition) is 7. The topological polar surface area (TPSA) is 208 Å². The summed E-state index contributed by atoms with van der Waals surface area (Å²) in [5.74, 6) is -5.36. The van der Waals surface area contributed by atoms with Crippen molar-refractivity contribution in [1.29, 1.82) is 0 Å². The molecule has 5 atom stereocenters. The van der Waals surface area contributed by atoms with Crippen molar-refractivity contribution in [3.8, 4) is 0 Å². The van der Waals surface area contributed by atoms with Crippen LogP contribution >= 0.6 is 0 Å². The molecule has 0 aromatic rings. The largest absolute Gasteiger partial charge is 0.481 e. The molecule has 5 unspecified atom stereocenters. The van der Waals surface area contributed by atoms with Crippen molar-refractivity contribution >= 4 is 29.7 Å². The predicted molar refractivity (Wildman–Crippen MR) is 100 cm³/mol. The van der Waals surface area contributed by atoms with Gasteiger partial charge in [-0.3, -0.25) is 19.2 Å². The first-order valence-electron chi connectivity index (χ1n) is 9.05. The van der Waals surface area contributed by atoms with E-state index in [0.717, 1.165) is 6.92 Å². The van der Waals surface area contributed by atoms with Crippen LogP contribution in [-0.2, 0) is 24.0 Å². The number of aliphatic hydroxyl groups is 1. The summed E-state index contributed by atoms with van der Waals surface area (Å²) in [4.78, 5) is 58.6. The highest BCUT2D eigenvalue weighted by molar-refractivity contribution is 5.95. The molecule has 0 bridgehead atoms. The molecule has 0 aliphatic carbocycles. The average molecular weight is 418 g/mol. The molecule has 0 rings (SSSR count). The van der Waals surface area contributed by atoms with Crippen LogP contribution in [0.3, 0.4) is 0 Å². The number of carboxylic acids is 2. The van der Waals surface area contributed by atoms with Gasteiger partial charge >= 0.3 is 11.9 Å². The van der Waals surface area contributed by atoms with Crippen LogP contribution in [0.2, 0.25) is 0 Å². The fraction of sp³-hybridized carbons (Fsp3) is 0.706. The van der Waals surface area contributed by atoms with E-state index in [4.69, 9.17) is 15.9 Å². The third kappa shape index (κ3) is 9.85. The fourth-order valence-corrected chi connectivity index (χ4v) is 2.32. The third-order valence-electron chi connectivity index (χ3n) is 3.87. The van der Waals surface area contributed by atoms with Crippen molar-refractivity contribution in [2.45, 2.75) is 70.8 Å². The summed E-state index contributed by atoms with van der Waals surface area (Å²) >= 11 is 0. The second-order valence-electron chi connectivity index (χ2n) is 7.19. The molecular formula is C17H30N4O8. The minimum atomic E-state index is -1.69. The molecule has 0 saturated carbocycles. The average Bonchev–Trinajstić information content (AvgIpc) is 2.56. The first kappa shape index (κ1) is 26.3. The summed E-state index contributed by atoms with van der Waals surface area (Å²) in [6.45, 7) is 6.19. The van der Waals surface area contributed by atoms with Crippen LogP contribution in [-0.4, -0.2) is 75.3 Å². The van der Waals surface area contributed by atoms with Crippen LogP contribution in [0.1, 0.15) is 40.5 Å². The SMILES string of the molecule is CC(C)CC(N)C(=O)NC(C)C(=O)NC(CC(=O)O)C(=O)NC(C(=O)O)C(C)O. The van der Waals surface area contributed by atoms with Gasteiger partial charge in [-0.2, -0.15) is 0 Å². The highest BCUT2D eigenvalue weighted by Crippen LogP contribution is 2.03. The van der Waals surface area contributed by atoms with Gasteiger partial charge in [-0.05, 0) is 26.2 Å². The zero-order chi connectivity index (χ0) is 22.9. The molecule has 166 valence electrons. The Morgan fingerprint density at radius 1 is 0.862 bits per heavy atom. The lowest BCUT2D eigenvalue weighted by Gasteiger charge is -2.24. The minimum Gasteiger partial charge on any atom is -0.481 e. The third-order valence-corrected chi connectivity index (χ3v) is 3.87. The molecule has 0 radical (unpaired) electrons. The van der Waals surface area contributed by atoms with Crippen molar-refractivity contribution in [3.05, 3.63) is 0 Å². The van der Waals surface area contributed by atoms with Crippen LogP contribution in [0, 0.1) is 5.92 Å². The lowest BCUT2D eigenvalue weighted by molar-refractivity contribution is -0.146. The highest BCUT2D eigenvalue weighted by atomic mass is 16.4. The lowest BCUT2D eigenvalue weighted by atomic mass is 10.0. The van der Waals surface area contributed by atoms with Gasteiger partial charge in [0.2, 0.25) is 17.7 Å². The standard InChI is InChI=1S/C17H30N4O8/c1-7(2)5-10(18)15(26)19-8(3)14(25)20-11(6-12(23)24)16(27)21-13(9(4)22)17(28)29/h7-11,13,22H,5-6,18H2,1-4H3,(H,19,26)(H,20,25)(H,21,27)(H,23,24)(H,28,29). The van der Waals surface area contributed by atoms with Gasteiger partial charge in [0.05, 0.1) is 18.6 Å². The second kappa shape index (κ2) is 12.0. The van der Waals surface area contributed by atoms with Gasteiger partial charge in [0, 0.05) is 0 Å². The van der Waals surface area contributed by atoms with Crippen molar-refractivity contribution in [1.82, 2.24) is 16.0 Å². The Balaban J connectivity index is 5.10. The molecule has 0 saturated heterocycles. The number of nitrogens with one attached hydrogen (secondary N) is 3. The number of carboxylic acid groups (broad SMARTS) is 2. The molecule has 0 fully saturated rings. The van der Waals surface area contributed by atoms with Crippen molar-refractivity contribution in [2.75, 3.05) is 0 Å². The van der Waals surface area contributed by atoms with Crippen molar-refractivity contribution in [3.63, 3.8) is 0 Å². The summed E-state index contributed by atoms with van der Waals surface area (Å²) in [6, 6.07) is -5.28. The normalized spacial score (nSPS) is 16.1. The van der Waals surface area contributed by atoms with Crippen LogP contribution < -0.4 is 21.7 Å². The van der Waals surface area contributed by atoms with Crippen LogP contribution in [0.5, 0.6) is 0 Å². The van der Waals surface area contributed by atoms with E-state index in [2.05, 4.69) is 10.6 Å². The van der Waals surface area contributed by atoms with E-state index < -0.39 is 66.4 Å². The molecule has 0 aromatic carbocycles. The first-order chi connectivity index (χ1) is 13.3. The predicted octanol–water partition coefficient (Wildman–Crippen LogP) is -2.23. The molecule has 0 aromatic heterocycles. The Bertz CT molecular complexity index is 623. The Morgan fingerprint density at radius 3 is 1.83 bits per heavy atom. The number of amides is 3. The van der Waals surface area contributed by atoms with Gasteiger partial charge in [0.25, 0.3) is 0 Å². The monoisotopic (exact) mass is 418 g/mol. The number of hydrogen-bond donors (Lipinski definition) is 7.